The van der Waals surface area contributed by atoms with E-state index in [0.717, 1.165) is 12.0 Å². The molecule has 1 aliphatic heterocycles. The number of nitrogens with zero attached hydrogens (tertiary/aromatic N) is 1. The van der Waals surface area contributed by atoms with Gasteiger partial charge in [0, 0.05) is 24.7 Å². The molecule has 0 spiro atoms. The molecule has 1 aliphatic carbocycles. The Bertz CT molecular complexity index is 283. The maximum absolute atomic E-state index is 3.75. The molecule has 0 radical (unpaired) electrons. The van der Waals surface area contributed by atoms with Gasteiger partial charge in [-0.1, -0.05) is 51.9 Å². The zero-order valence-corrected chi connectivity index (χ0v) is 14.8. The van der Waals surface area contributed by atoms with Crippen molar-refractivity contribution in [1.29, 1.82) is 0 Å². The first-order valence-electron chi connectivity index (χ1n) is 9.61. The molecule has 2 fully saturated rings. The van der Waals surface area contributed by atoms with E-state index in [1.165, 1.54) is 83.8 Å². The molecule has 1 N–H and O–H groups in total. The van der Waals surface area contributed by atoms with Crippen molar-refractivity contribution in [2.24, 2.45) is 5.92 Å². The molecule has 1 heterocycles. The number of unbranched alkanes of at least 4 members (excludes halogenated alkanes) is 7. The molecule has 1 atom stereocenters. The maximum atomic E-state index is 3.75. The standard InChI is InChI=1S/C19H38N2/c1-4-5-6-7-8-9-10-11-14-21-16-19(2,3)20-15-18(21)17-12-13-17/h17-18,20H,4-16H2,1-3H3. The van der Waals surface area contributed by atoms with Gasteiger partial charge in [-0.25, -0.2) is 0 Å². The summed E-state index contributed by atoms with van der Waals surface area (Å²) in [5, 5.41) is 3.75. The second-order valence-corrected chi connectivity index (χ2v) is 8.11. The minimum absolute atomic E-state index is 0.311. The molecule has 1 saturated carbocycles. The summed E-state index contributed by atoms with van der Waals surface area (Å²) >= 11 is 0. The van der Waals surface area contributed by atoms with Gasteiger partial charge in [0.2, 0.25) is 0 Å². The summed E-state index contributed by atoms with van der Waals surface area (Å²) in [5.74, 6) is 1.00. The van der Waals surface area contributed by atoms with E-state index in [-0.39, 0.29) is 0 Å². The van der Waals surface area contributed by atoms with Gasteiger partial charge in [0.25, 0.3) is 0 Å². The van der Waals surface area contributed by atoms with Crippen LogP contribution in [-0.4, -0.2) is 36.1 Å². The fourth-order valence-electron chi connectivity index (χ4n) is 3.83. The van der Waals surface area contributed by atoms with Gasteiger partial charge >= 0.3 is 0 Å². The summed E-state index contributed by atoms with van der Waals surface area (Å²) in [6.07, 6.45) is 14.4. The molecule has 0 amide bonds. The van der Waals surface area contributed by atoms with Crippen LogP contribution < -0.4 is 5.32 Å². The average Bonchev–Trinajstić information content (AvgIpc) is 3.25. The van der Waals surface area contributed by atoms with Crippen LogP contribution in [-0.2, 0) is 0 Å². The molecule has 21 heavy (non-hydrogen) atoms. The highest BCUT2D eigenvalue weighted by Crippen LogP contribution is 2.37. The van der Waals surface area contributed by atoms with Gasteiger partial charge < -0.3 is 5.32 Å². The summed E-state index contributed by atoms with van der Waals surface area (Å²) in [4.78, 5) is 2.81. The third-order valence-corrected chi connectivity index (χ3v) is 5.32. The number of nitrogens with one attached hydrogen (secondary N) is 1. The SMILES string of the molecule is CCCCCCCCCCN1CC(C)(C)NCC1C1CC1. The first-order valence-corrected chi connectivity index (χ1v) is 9.61. The predicted molar refractivity (Wildman–Crippen MR) is 92.8 cm³/mol. The molecule has 2 rings (SSSR count). The van der Waals surface area contributed by atoms with Crippen LogP contribution in [0.1, 0.15) is 85.0 Å². The summed E-state index contributed by atoms with van der Waals surface area (Å²) in [7, 11) is 0. The van der Waals surface area contributed by atoms with Crippen LogP contribution >= 0.6 is 0 Å². The lowest BCUT2D eigenvalue weighted by molar-refractivity contribution is 0.0810. The van der Waals surface area contributed by atoms with Crippen LogP contribution in [0.25, 0.3) is 0 Å². The highest BCUT2D eigenvalue weighted by atomic mass is 15.3. The topological polar surface area (TPSA) is 15.3 Å². The average molecular weight is 295 g/mol. The van der Waals surface area contributed by atoms with E-state index in [9.17, 15) is 0 Å². The van der Waals surface area contributed by atoms with E-state index in [2.05, 4.69) is 31.0 Å². The Balaban J connectivity index is 1.58. The molecule has 0 bridgehead atoms. The Labute approximate surface area is 133 Å². The number of piperazine rings is 1. The second-order valence-electron chi connectivity index (χ2n) is 8.11. The van der Waals surface area contributed by atoms with Crippen molar-refractivity contribution in [3.63, 3.8) is 0 Å². The zero-order chi connectivity index (χ0) is 15.1. The van der Waals surface area contributed by atoms with Crippen molar-refractivity contribution in [1.82, 2.24) is 10.2 Å². The summed E-state index contributed by atoms with van der Waals surface area (Å²) < 4.78 is 0. The molecule has 124 valence electrons. The Morgan fingerprint density at radius 3 is 2.19 bits per heavy atom. The van der Waals surface area contributed by atoms with Crippen LogP contribution in [0.15, 0.2) is 0 Å². The van der Waals surface area contributed by atoms with E-state index in [1.54, 1.807) is 0 Å². The smallest absolute Gasteiger partial charge is 0.0252 e. The molecule has 1 saturated heterocycles. The highest BCUT2D eigenvalue weighted by molar-refractivity contribution is 4.98. The summed E-state index contributed by atoms with van der Waals surface area (Å²) in [5.41, 5.74) is 0.311. The van der Waals surface area contributed by atoms with Crippen molar-refractivity contribution in [3.05, 3.63) is 0 Å². The van der Waals surface area contributed by atoms with E-state index >= 15 is 0 Å². The number of hydrogen-bond donors (Lipinski definition) is 1. The lowest BCUT2D eigenvalue weighted by Gasteiger charge is -2.45. The monoisotopic (exact) mass is 294 g/mol. The van der Waals surface area contributed by atoms with E-state index in [1.807, 2.05) is 0 Å². The minimum atomic E-state index is 0.311. The maximum Gasteiger partial charge on any atom is 0.0252 e. The molecule has 0 aromatic carbocycles. The van der Waals surface area contributed by atoms with Crippen LogP contribution in [0.5, 0.6) is 0 Å². The van der Waals surface area contributed by atoms with Crippen LogP contribution in [0, 0.1) is 5.92 Å². The Morgan fingerprint density at radius 2 is 1.57 bits per heavy atom. The van der Waals surface area contributed by atoms with Gasteiger partial charge in [-0.05, 0) is 45.6 Å². The van der Waals surface area contributed by atoms with Crippen molar-refractivity contribution in [2.45, 2.75) is 96.6 Å². The fourth-order valence-corrected chi connectivity index (χ4v) is 3.83. The third kappa shape index (κ3) is 6.28. The molecule has 2 heteroatoms. The Morgan fingerprint density at radius 1 is 0.952 bits per heavy atom. The van der Waals surface area contributed by atoms with E-state index in [0.29, 0.717) is 5.54 Å². The van der Waals surface area contributed by atoms with Crippen LogP contribution in [0.2, 0.25) is 0 Å². The van der Waals surface area contributed by atoms with Crippen molar-refractivity contribution < 1.29 is 0 Å². The van der Waals surface area contributed by atoms with Gasteiger partial charge in [0.1, 0.15) is 0 Å². The molecule has 0 aromatic rings. The minimum Gasteiger partial charge on any atom is -0.309 e. The van der Waals surface area contributed by atoms with Crippen LogP contribution in [0.4, 0.5) is 0 Å². The molecule has 2 nitrogen and oxygen atoms in total. The molecule has 2 aliphatic rings. The summed E-state index contributed by atoms with van der Waals surface area (Å²) in [6.45, 7) is 10.8. The lowest BCUT2D eigenvalue weighted by Crippen LogP contribution is -2.62. The van der Waals surface area contributed by atoms with Gasteiger partial charge in [-0.15, -0.1) is 0 Å². The van der Waals surface area contributed by atoms with Crippen molar-refractivity contribution >= 4 is 0 Å². The highest BCUT2D eigenvalue weighted by Gasteiger charge is 2.40. The largest absolute Gasteiger partial charge is 0.309 e. The fraction of sp³-hybridized carbons (Fsp3) is 1.00. The predicted octanol–water partition coefficient (Wildman–Crippen LogP) is 4.59. The number of hydrogen-bond acceptors (Lipinski definition) is 2. The van der Waals surface area contributed by atoms with Gasteiger partial charge in [-0.2, -0.15) is 0 Å². The second kappa shape index (κ2) is 8.53. The van der Waals surface area contributed by atoms with Gasteiger partial charge in [0.15, 0.2) is 0 Å². The van der Waals surface area contributed by atoms with Gasteiger partial charge in [0.05, 0.1) is 0 Å². The number of rotatable bonds is 10. The zero-order valence-electron chi connectivity index (χ0n) is 14.8. The molecule has 1 unspecified atom stereocenters. The molecular formula is C19H38N2. The lowest BCUT2D eigenvalue weighted by atomic mass is 9.96. The normalized spacial score (nSPS) is 26.1. The van der Waals surface area contributed by atoms with Gasteiger partial charge in [-0.3, -0.25) is 4.90 Å². The Kier molecular flexibility index (Phi) is 7.01. The molecular weight excluding hydrogens is 256 g/mol. The van der Waals surface area contributed by atoms with E-state index < -0.39 is 0 Å². The Hall–Kier alpha value is -0.0800. The quantitative estimate of drug-likeness (QED) is 0.593. The van der Waals surface area contributed by atoms with Crippen molar-refractivity contribution in [3.8, 4) is 0 Å². The van der Waals surface area contributed by atoms with Crippen molar-refractivity contribution in [2.75, 3.05) is 19.6 Å². The van der Waals surface area contributed by atoms with Crippen LogP contribution in [0.3, 0.4) is 0 Å². The summed E-state index contributed by atoms with van der Waals surface area (Å²) in [6, 6.07) is 0.836. The first kappa shape index (κ1) is 17.3. The first-order chi connectivity index (χ1) is 10.1. The van der Waals surface area contributed by atoms with E-state index in [4.69, 9.17) is 0 Å². The molecule has 0 aromatic heterocycles. The third-order valence-electron chi connectivity index (χ3n) is 5.32.